The topological polar surface area (TPSA) is 41.1 Å². The Labute approximate surface area is 133 Å². The molecule has 4 heteroatoms. The third-order valence-corrected chi connectivity index (χ3v) is 3.80. The number of carbonyl (C=O) groups is 1. The third kappa shape index (κ3) is 6.96. The summed E-state index contributed by atoms with van der Waals surface area (Å²) < 4.78 is 0. The van der Waals surface area contributed by atoms with Crippen LogP contribution in [0.4, 0.5) is 5.69 Å². The first-order valence-corrected chi connectivity index (χ1v) is 8.24. The van der Waals surface area contributed by atoms with E-state index >= 15 is 0 Å². The molecule has 1 aromatic rings. The van der Waals surface area contributed by atoms with E-state index in [1.165, 1.54) is 12.8 Å². The first kappa shape index (κ1) is 18.0. The van der Waals surface area contributed by atoms with Crippen LogP contribution in [0, 0.1) is 6.92 Å². The van der Waals surface area contributed by atoms with Crippen LogP contribution in [0.3, 0.4) is 0 Å². The number of nitrogens with one attached hydrogen (secondary N) is 2. The molecule has 2 N–H and O–H groups in total. The molecule has 0 aromatic heterocycles. The number of carbonyl (C=O) groups excluding carboxylic acids is 1. The molecule has 0 heterocycles. The molecular formula is C17H27ClN2O. The predicted molar refractivity (Wildman–Crippen MR) is 91.0 cm³/mol. The molecule has 1 amide bonds. The second kappa shape index (κ2) is 9.80. The average molecular weight is 311 g/mol. The molecule has 0 fully saturated rings. The Morgan fingerprint density at radius 3 is 2.67 bits per heavy atom. The van der Waals surface area contributed by atoms with Gasteiger partial charge in [-0.3, -0.25) is 4.79 Å². The summed E-state index contributed by atoms with van der Waals surface area (Å²) in [4.78, 5) is 12.0. The Kier molecular flexibility index (Phi) is 8.40. The van der Waals surface area contributed by atoms with Crippen LogP contribution in [0.5, 0.6) is 0 Å². The zero-order valence-electron chi connectivity index (χ0n) is 13.3. The van der Waals surface area contributed by atoms with E-state index in [4.69, 9.17) is 11.6 Å². The predicted octanol–water partition coefficient (Wildman–Crippen LogP) is 4.54. The molecule has 118 valence electrons. The Balaban J connectivity index is 2.46. The largest absolute Gasteiger partial charge is 0.325 e. The standard InChI is InChI=1S/C17H27ClN2O/c1-4-6-8-15(7-5-2)19-12-17(21)20-16-11-14(18)10-9-13(16)3/h9-11,15,19H,4-8,12H2,1-3H3,(H,20,21). The zero-order valence-corrected chi connectivity index (χ0v) is 14.1. The molecule has 0 aliphatic carbocycles. The van der Waals surface area contributed by atoms with Crippen LogP contribution in [-0.2, 0) is 4.79 Å². The first-order chi connectivity index (χ1) is 10.1. The van der Waals surface area contributed by atoms with Gasteiger partial charge in [-0.15, -0.1) is 0 Å². The van der Waals surface area contributed by atoms with Gasteiger partial charge < -0.3 is 10.6 Å². The lowest BCUT2D eigenvalue weighted by Crippen LogP contribution is -2.36. The highest BCUT2D eigenvalue weighted by molar-refractivity contribution is 6.31. The number of anilines is 1. The van der Waals surface area contributed by atoms with Gasteiger partial charge in [-0.2, -0.15) is 0 Å². The normalized spacial score (nSPS) is 12.2. The maximum Gasteiger partial charge on any atom is 0.238 e. The summed E-state index contributed by atoms with van der Waals surface area (Å²) in [6.45, 7) is 6.68. The molecule has 21 heavy (non-hydrogen) atoms. The van der Waals surface area contributed by atoms with Crippen LogP contribution in [-0.4, -0.2) is 18.5 Å². The highest BCUT2D eigenvalue weighted by Crippen LogP contribution is 2.19. The number of hydrogen-bond acceptors (Lipinski definition) is 2. The molecule has 1 atom stereocenters. The molecule has 0 radical (unpaired) electrons. The second-order valence-electron chi connectivity index (χ2n) is 5.52. The first-order valence-electron chi connectivity index (χ1n) is 7.86. The van der Waals surface area contributed by atoms with E-state index in [1.807, 2.05) is 19.1 Å². The maximum atomic E-state index is 12.0. The highest BCUT2D eigenvalue weighted by atomic mass is 35.5. The van der Waals surface area contributed by atoms with Gasteiger partial charge in [-0.1, -0.05) is 50.8 Å². The lowest BCUT2D eigenvalue weighted by atomic mass is 10.1. The van der Waals surface area contributed by atoms with Crippen LogP contribution >= 0.6 is 11.6 Å². The van der Waals surface area contributed by atoms with Crippen molar-refractivity contribution < 1.29 is 4.79 Å². The van der Waals surface area contributed by atoms with Crippen LogP contribution < -0.4 is 10.6 Å². The van der Waals surface area contributed by atoms with Crippen molar-refractivity contribution in [1.29, 1.82) is 0 Å². The Hall–Kier alpha value is -1.06. The fourth-order valence-electron chi connectivity index (χ4n) is 2.31. The van der Waals surface area contributed by atoms with Crippen molar-refractivity contribution in [2.45, 2.75) is 58.9 Å². The number of aryl methyl sites for hydroxylation is 1. The van der Waals surface area contributed by atoms with Crippen molar-refractivity contribution in [3.63, 3.8) is 0 Å². The smallest absolute Gasteiger partial charge is 0.238 e. The van der Waals surface area contributed by atoms with Gasteiger partial charge in [0.25, 0.3) is 0 Å². The van der Waals surface area contributed by atoms with E-state index in [9.17, 15) is 4.79 Å². The lowest BCUT2D eigenvalue weighted by Gasteiger charge is -2.18. The van der Waals surface area contributed by atoms with E-state index < -0.39 is 0 Å². The molecule has 1 rings (SSSR count). The molecule has 3 nitrogen and oxygen atoms in total. The quantitative estimate of drug-likeness (QED) is 0.703. The lowest BCUT2D eigenvalue weighted by molar-refractivity contribution is -0.115. The van der Waals surface area contributed by atoms with Crippen molar-refractivity contribution in [2.75, 3.05) is 11.9 Å². The van der Waals surface area contributed by atoms with E-state index in [0.717, 1.165) is 30.5 Å². The van der Waals surface area contributed by atoms with E-state index in [2.05, 4.69) is 24.5 Å². The summed E-state index contributed by atoms with van der Waals surface area (Å²) in [5.74, 6) is -0.0158. The Morgan fingerprint density at radius 2 is 2.00 bits per heavy atom. The minimum Gasteiger partial charge on any atom is -0.325 e. The molecular weight excluding hydrogens is 284 g/mol. The van der Waals surface area contributed by atoms with Crippen molar-refractivity contribution in [3.8, 4) is 0 Å². The van der Waals surface area contributed by atoms with Crippen molar-refractivity contribution in [3.05, 3.63) is 28.8 Å². The molecule has 0 spiro atoms. The molecule has 0 saturated heterocycles. The maximum absolute atomic E-state index is 12.0. The van der Waals surface area contributed by atoms with E-state index in [-0.39, 0.29) is 5.91 Å². The summed E-state index contributed by atoms with van der Waals surface area (Å²) in [6.07, 6.45) is 5.77. The van der Waals surface area contributed by atoms with Gasteiger partial charge >= 0.3 is 0 Å². The minimum absolute atomic E-state index is 0.0158. The van der Waals surface area contributed by atoms with Crippen LogP contribution in [0.1, 0.15) is 51.5 Å². The molecule has 0 saturated carbocycles. The average Bonchev–Trinajstić information content (AvgIpc) is 2.46. The van der Waals surface area contributed by atoms with Crippen LogP contribution in [0.2, 0.25) is 5.02 Å². The van der Waals surface area contributed by atoms with Crippen molar-refractivity contribution >= 4 is 23.2 Å². The highest BCUT2D eigenvalue weighted by Gasteiger charge is 2.10. The number of halogens is 1. The Morgan fingerprint density at radius 1 is 1.24 bits per heavy atom. The van der Waals surface area contributed by atoms with Gasteiger partial charge in [-0.25, -0.2) is 0 Å². The van der Waals surface area contributed by atoms with Crippen molar-refractivity contribution in [2.24, 2.45) is 0 Å². The summed E-state index contributed by atoms with van der Waals surface area (Å²) in [5.41, 5.74) is 1.80. The van der Waals surface area contributed by atoms with E-state index in [0.29, 0.717) is 17.6 Å². The fourth-order valence-corrected chi connectivity index (χ4v) is 2.48. The monoisotopic (exact) mass is 310 g/mol. The van der Waals surface area contributed by atoms with E-state index in [1.54, 1.807) is 6.07 Å². The number of rotatable bonds is 9. The molecule has 1 aromatic carbocycles. The SMILES string of the molecule is CCCCC(CCC)NCC(=O)Nc1cc(Cl)ccc1C. The second-order valence-corrected chi connectivity index (χ2v) is 5.95. The Bertz CT molecular complexity index is 448. The van der Waals surface area contributed by atoms with Crippen LogP contribution in [0.25, 0.3) is 0 Å². The van der Waals surface area contributed by atoms with Gasteiger partial charge in [-0.05, 0) is 37.5 Å². The van der Waals surface area contributed by atoms with Gasteiger partial charge in [0.15, 0.2) is 0 Å². The van der Waals surface area contributed by atoms with Crippen molar-refractivity contribution in [1.82, 2.24) is 5.32 Å². The summed E-state index contributed by atoms with van der Waals surface area (Å²) >= 11 is 5.96. The third-order valence-electron chi connectivity index (χ3n) is 3.57. The van der Waals surface area contributed by atoms with Crippen LogP contribution in [0.15, 0.2) is 18.2 Å². The minimum atomic E-state index is -0.0158. The number of benzene rings is 1. The summed E-state index contributed by atoms with van der Waals surface area (Å²) in [7, 11) is 0. The summed E-state index contributed by atoms with van der Waals surface area (Å²) in [5, 5.41) is 6.92. The number of hydrogen-bond donors (Lipinski definition) is 2. The van der Waals surface area contributed by atoms with Gasteiger partial charge in [0.2, 0.25) is 5.91 Å². The summed E-state index contributed by atoms with van der Waals surface area (Å²) in [6, 6.07) is 5.95. The fraction of sp³-hybridized carbons (Fsp3) is 0.588. The van der Waals surface area contributed by atoms with Gasteiger partial charge in [0, 0.05) is 16.8 Å². The molecule has 1 unspecified atom stereocenters. The number of unbranched alkanes of at least 4 members (excludes halogenated alkanes) is 1. The van der Waals surface area contributed by atoms with Gasteiger partial charge in [0.05, 0.1) is 6.54 Å². The number of amides is 1. The molecule has 0 bridgehead atoms. The van der Waals surface area contributed by atoms with Gasteiger partial charge in [0.1, 0.15) is 0 Å². The molecule has 0 aliphatic heterocycles. The zero-order chi connectivity index (χ0) is 15.7. The molecule has 0 aliphatic rings.